The van der Waals surface area contributed by atoms with E-state index in [9.17, 15) is 18.0 Å². The number of sulfonamides is 1. The van der Waals surface area contributed by atoms with Crippen molar-refractivity contribution in [1.29, 1.82) is 0 Å². The summed E-state index contributed by atoms with van der Waals surface area (Å²) < 4.78 is 37.9. The first kappa shape index (κ1) is 25.0. The van der Waals surface area contributed by atoms with E-state index in [1.807, 2.05) is 6.92 Å². The number of hydrogen-bond acceptors (Lipinski definition) is 6. The van der Waals surface area contributed by atoms with E-state index in [4.69, 9.17) is 21.1 Å². The van der Waals surface area contributed by atoms with Gasteiger partial charge in [0.2, 0.25) is 10.0 Å². The van der Waals surface area contributed by atoms with E-state index < -0.39 is 34.5 Å². The van der Waals surface area contributed by atoms with E-state index in [1.54, 1.807) is 31.2 Å². The molecule has 1 heterocycles. The van der Waals surface area contributed by atoms with E-state index in [0.29, 0.717) is 35.7 Å². The highest BCUT2D eigenvalue weighted by Crippen LogP contribution is 2.31. The third-order valence-corrected chi connectivity index (χ3v) is 7.78. The molecular formula is C23H27ClN2O6S. The van der Waals surface area contributed by atoms with Gasteiger partial charge in [-0.05, 0) is 56.9 Å². The van der Waals surface area contributed by atoms with Gasteiger partial charge in [0, 0.05) is 17.6 Å². The Bertz CT molecular complexity index is 1130. The molecule has 1 amide bonds. The van der Waals surface area contributed by atoms with Crippen LogP contribution in [0.4, 0.5) is 5.69 Å². The van der Waals surface area contributed by atoms with Gasteiger partial charge < -0.3 is 14.8 Å². The van der Waals surface area contributed by atoms with E-state index in [-0.39, 0.29) is 11.4 Å². The molecule has 1 saturated heterocycles. The van der Waals surface area contributed by atoms with Crippen LogP contribution < -0.4 is 10.1 Å². The van der Waals surface area contributed by atoms with Gasteiger partial charge in [-0.1, -0.05) is 29.3 Å². The third-order valence-electron chi connectivity index (χ3n) is 5.45. The molecule has 1 fully saturated rings. The van der Waals surface area contributed by atoms with E-state index >= 15 is 0 Å². The van der Waals surface area contributed by atoms with E-state index in [1.165, 1.54) is 23.5 Å². The topological polar surface area (TPSA) is 102 Å². The summed E-state index contributed by atoms with van der Waals surface area (Å²) >= 11 is 6.08. The van der Waals surface area contributed by atoms with Crippen molar-refractivity contribution in [3.8, 4) is 5.75 Å². The van der Waals surface area contributed by atoms with Crippen LogP contribution >= 0.6 is 11.6 Å². The Morgan fingerprint density at radius 2 is 1.85 bits per heavy atom. The molecule has 1 atom stereocenters. The van der Waals surface area contributed by atoms with Gasteiger partial charge in [0.15, 0.2) is 6.61 Å². The van der Waals surface area contributed by atoms with Crippen LogP contribution in [-0.4, -0.2) is 50.9 Å². The number of esters is 1. The highest BCUT2D eigenvalue weighted by Gasteiger charge is 2.38. The molecule has 0 aliphatic carbocycles. The number of rotatable bonds is 7. The molecule has 2 aromatic carbocycles. The summed E-state index contributed by atoms with van der Waals surface area (Å²) in [6.07, 6.45) is 1.66. The Hall–Kier alpha value is -2.62. The lowest BCUT2D eigenvalue weighted by atomic mass is 10.1. The Labute approximate surface area is 198 Å². The standard InChI is InChI=1S/C23H27ClN2O6S/c1-15-7-9-17(10-8-15)33(29,30)26-11-5-4-6-20(26)23(28)32-14-22(27)25-19-12-16(2)18(24)13-21(19)31-3/h7-10,12-13,20H,4-6,11,14H2,1-3H3,(H,25,27). The van der Waals surface area contributed by atoms with Crippen molar-refractivity contribution >= 4 is 39.2 Å². The van der Waals surface area contributed by atoms with Crippen LogP contribution in [0.15, 0.2) is 41.3 Å². The first-order valence-electron chi connectivity index (χ1n) is 10.5. The van der Waals surface area contributed by atoms with Crippen molar-refractivity contribution in [2.75, 3.05) is 25.6 Å². The Balaban J connectivity index is 1.68. The number of aryl methyl sites for hydroxylation is 2. The second-order valence-electron chi connectivity index (χ2n) is 7.90. The smallest absolute Gasteiger partial charge is 0.324 e. The largest absolute Gasteiger partial charge is 0.495 e. The number of hydrogen-bond donors (Lipinski definition) is 1. The molecule has 0 aromatic heterocycles. The highest BCUT2D eigenvalue weighted by atomic mass is 35.5. The molecule has 2 aromatic rings. The number of amides is 1. The lowest BCUT2D eigenvalue weighted by molar-refractivity contribution is -0.152. The number of ether oxygens (including phenoxy) is 2. The fourth-order valence-electron chi connectivity index (χ4n) is 3.62. The minimum absolute atomic E-state index is 0.121. The quantitative estimate of drug-likeness (QED) is 0.589. The maximum Gasteiger partial charge on any atom is 0.324 e. The molecule has 178 valence electrons. The van der Waals surface area contributed by atoms with Crippen molar-refractivity contribution in [2.24, 2.45) is 0 Å². The van der Waals surface area contributed by atoms with Gasteiger partial charge in [-0.2, -0.15) is 4.31 Å². The number of carbonyl (C=O) groups excluding carboxylic acids is 2. The zero-order valence-corrected chi connectivity index (χ0v) is 20.3. The fraction of sp³-hybridized carbons (Fsp3) is 0.391. The van der Waals surface area contributed by atoms with Crippen molar-refractivity contribution in [1.82, 2.24) is 4.31 Å². The van der Waals surface area contributed by atoms with Crippen LogP contribution in [0.25, 0.3) is 0 Å². The van der Waals surface area contributed by atoms with Crippen LogP contribution in [-0.2, 0) is 24.3 Å². The molecular weight excluding hydrogens is 468 g/mol. The summed E-state index contributed by atoms with van der Waals surface area (Å²) in [6, 6.07) is 8.72. The maximum absolute atomic E-state index is 13.1. The van der Waals surface area contributed by atoms with Crippen LogP contribution in [0.2, 0.25) is 5.02 Å². The molecule has 1 aliphatic rings. The predicted octanol–water partition coefficient (Wildman–Crippen LogP) is 3.69. The van der Waals surface area contributed by atoms with E-state index in [0.717, 1.165) is 11.1 Å². The molecule has 1 aliphatic heterocycles. The maximum atomic E-state index is 13.1. The van der Waals surface area contributed by atoms with Gasteiger partial charge in [0.05, 0.1) is 17.7 Å². The van der Waals surface area contributed by atoms with Gasteiger partial charge in [-0.3, -0.25) is 9.59 Å². The number of carbonyl (C=O) groups is 2. The summed E-state index contributed by atoms with van der Waals surface area (Å²) in [7, 11) is -2.43. The normalized spacial score (nSPS) is 16.8. The number of nitrogens with one attached hydrogen (secondary N) is 1. The molecule has 0 spiro atoms. The lowest BCUT2D eigenvalue weighted by Gasteiger charge is -2.33. The molecule has 0 bridgehead atoms. The molecule has 1 N–H and O–H groups in total. The van der Waals surface area contributed by atoms with Crippen LogP contribution in [0.5, 0.6) is 5.75 Å². The van der Waals surface area contributed by atoms with Crippen LogP contribution in [0.3, 0.4) is 0 Å². The Morgan fingerprint density at radius 1 is 1.15 bits per heavy atom. The summed E-state index contributed by atoms with van der Waals surface area (Å²) in [5, 5.41) is 3.12. The first-order chi connectivity index (χ1) is 15.6. The van der Waals surface area contributed by atoms with Crippen molar-refractivity contribution in [3.63, 3.8) is 0 Å². The molecule has 0 radical (unpaired) electrons. The number of methoxy groups -OCH3 is 1. The highest BCUT2D eigenvalue weighted by molar-refractivity contribution is 7.89. The van der Waals surface area contributed by atoms with Gasteiger partial charge in [0.1, 0.15) is 11.8 Å². The number of benzene rings is 2. The first-order valence-corrected chi connectivity index (χ1v) is 12.3. The van der Waals surface area contributed by atoms with Gasteiger partial charge in [0.25, 0.3) is 5.91 Å². The average Bonchev–Trinajstić information content (AvgIpc) is 2.80. The zero-order valence-electron chi connectivity index (χ0n) is 18.8. The summed E-state index contributed by atoms with van der Waals surface area (Å²) in [5.41, 5.74) is 2.06. The number of nitrogens with zero attached hydrogens (tertiary/aromatic N) is 1. The van der Waals surface area contributed by atoms with Crippen LogP contribution in [0, 0.1) is 13.8 Å². The second-order valence-corrected chi connectivity index (χ2v) is 10.2. The monoisotopic (exact) mass is 494 g/mol. The van der Waals surface area contributed by atoms with Gasteiger partial charge >= 0.3 is 5.97 Å². The SMILES string of the molecule is COc1cc(Cl)c(C)cc1NC(=O)COC(=O)C1CCCCN1S(=O)(=O)c1ccc(C)cc1. The molecule has 0 saturated carbocycles. The molecule has 10 heteroatoms. The average molecular weight is 495 g/mol. The fourth-order valence-corrected chi connectivity index (χ4v) is 5.42. The summed E-state index contributed by atoms with van der Waals surface area (Å²) in [6.45, 7) is 3.30. The minimum Gasteiger partial charge on any atom is -0.495 e. The Morgan fingerprint density at radius 3 is 2.52 bits per heavy atom. The number of anilines is 1. The summed E-state index contributed by atoms with van der Waals surface area (Å²) in [5.74, 6) is -0.958. The van der Waals surface area contributed by atoms with E-state index in [2.05, 4.69) is 5.32 Å². The molecule has 8 nitrogen and oxygen atoms in total. The van der Waals surface area contributed by atoms with Crippen LogP contribution in [0.1, 0.15) is 30.4 Å². The zero-order chi connectivity index (χ0) is 24.2. The Kier molecular flexibility index (Phi) is 7.99. The minimum atomic E-state index is -3.88. The van der Waals surface area contributed by atoms with Crippen molar-refractivity contribution in [3.05, 3.63) is 52.5 Å². The predicted molar refractivity (Wildman–Crippen MR) is 125 cm³/mol. The third kappa shape index (κ3) is 5.85. The lowest BCUT2D eigenvalue weighted by Crippen LogP contribution is -2.48. The number of halogens is 1. The second kappa shape index (κ2) is 10.5. The van der Waals surface area contributed by atoms with Crippen molar-refractivity contribution < 1.29 is 27.5 Å². The van der Waals surface area contributed by atoms with Crippen molar-refractivity contribution in [2.45, 2.75) is 44.0 Å². The summed E-state index contributed by atoms with van der Waals surface area (Å²) in [4.78, 5) is 25.3. The van der Waals surface area contributed by atoms with Gasteiger partial charge in [-0.15, -0.1) is 0 Å². The molecule has 1 unspecified atom stereocenters. The van der Waals surface area contributed by atoms with Gasteiger partial charge in [-0.25, -0.2) is 8.42 Å². The molecule has 3 rings (SSSR count). The molecule has 33 heavy (non-hydrogen) atoms. The number of piperidine rings is 1.